The van der Waals surface area contributed by atoms with Gasteiger partial charge in [-0.1, -0.05) is 29.8 Å². The van der Waals surface area contributed by atoms with Gasteiger partial charge < -0.3 is 5.32 Å². The maximum Gasteiger partial charge on any atom is 0.187 e. The second kappa shape index (κ2) is 7.30. The third kappa shape index (κ3) is 3.65. The van der Waals surface area contributed by atoms with Gasteiger partial charge >= 0.3 is 0 Å². The SMILES string of the molecule is Cc1ccc(NC=CC(=O)c2ccc(-n3cnc4ccccc43)cc2)cc1. The number of nitrogens with one attached hydrogen (secondary N) is 1. The number of aryl methyl sites for hydroxylation is 1. The minimum Gasteiger partial charge on any atom is -0.362 e. The van der Waals surface area contributed by atoms with E-state index in [0.29, 0.717) is 5.56 Å². The highest BCUT2D eigenvalue weighted by Gasteiger charge is 2.06. The molecule has 0 atom stereocenters. The van der Waals surface area contributed by atoms with Gasteiger partial charge in [0.05, 0.1) is 11.0 Å². The van der Waals surface area contributed by atoms with Crippen LogP contribution in [-0.2, 0) is 0 Å². The third-order valence-electron chi connectivity index (χ3n) is 4.42. The Balaban J connectivity index is 1.47. The van der Waals surface area contributed by atoms with Gasteiger partial charge in [-0.2, -0.15) is 0 Å². The number of aromatic nitrogens is 2. The first-order valence-electron chi connectivity index (χ1n) is 8.77. The number of hydrogen-bond donors (Lipinski definition) is 1. The van der Waals surface area contributed by atoms with Crippen molar-refractivity contribution in [2.24, 2.45) is 0 Å². The van der Waals surface area contributed by atoms with Gasteiger partial charge in [-0.3, -0.25) is 9.36 Å². The molecule has 1 heterocycles. The molecule has 0 bridgehead atoms. The van der Waals surface area contributed by atoms with E-state index in [1.54, 1.807) is 18.6 Å². The first-order valence-corrected chi connectivity index (χ1v) is 8.77. The summed E-state index contributed by atoms with van der Waals surface area (Å²) in [6.45, 7) is 2.04. The highest BCUT2D eigenvalue weighted by Crippen LogP contribution is 2.18. The molecule has 0 radical (unpaired) electrons. The molecule has 4 heteroatoms. The van der Waals surface area contributed by atoms with Crippen LogP contribution in [-0.4, -0.2) is 15.3 Å². The largest absolute Gasteiger partial charge is 0.362 e. The van der Waals surface area contributed by atoms with Crippen molar-refractivity contribution in [3.05, 3.63) is 103 Å². The Hall–Kier alpha value is -3.66. The molecule has 0 unspecified atom stereocenters. The molecule has 0 aliphatic rings. The number of anilines is 1. The van der Waals surface area contributed by atoms with Crippen LogP contribution in [0.3, 0.4) is 0 Å². The molecule has 0 spiro atoms. The summed E-state index contributed by atoms with van der Waals surface area (Å²) in [5, 5.41) is 3.11. The summed E-state index contributed by atoms with van der Waals surface area (Å²) in [5.74, 6) is -0.0448. The van der Waals surface area contributed by atoms with Crippen molar-refractivity contribution < 1.29 is 4.79 Å². The minimum atomic E-state index is -0.0448. The smallest absolute Gasteiger partial charge is 0.187 e. The number of hydrogen-bond acceptors (Lipinski definition) is 3. The van der Waals surface area contributed by atoms with Gasteiger partial charge in [-0.25, -0.2) is 4.98 Å². The molecule has 27 heavy (non-hydrogen) atoms. The summed E-state index contributed by atoms with van der Waals surface area (Å²) >= 11 is 0. The number of carbonyl (C=O) groups excluding carboxylic acids is 1. The summed E-state index contributed by atoms with van der Waals surface area (Å²) in [4.78, 5) is 16.8. The molecular formula is C23H19N3O. The number of ketones is 1. The van der Waals surface area contributed by atoms with Crippen molar-refractivity contribution in [3.63, 3.8) is 0 Å². The van der Waals surface area contributed by atoms with Crippen LogP contribution in [0.5, 0.6) is 0 Å². The Morgan fingerprint density at radius 2 is 1.70 bits per heavy atom. The Labute approximate surface area is 157 Å². The highest BCUT2D eigenvalue weighted by atomic mass is 16.1. The first-order chi connectivity index (χ1) is 13.2. The van der Waals surface area contributed by atoms with Crippen LogP contribution in [0.1, 0.15) is 15.9 Å². The zero-order valence-corrected chi connectivity index (χ0v) is 15.0. The topological polar surface area (TPSA) is 46.9 Å². The van der Waals surface area contributed by atoms with Crippen molar-refractivity contribution in [2.45, 2.75) is 6.92 Å². The van der Waals surface area contributed by atoms with Crippen LogP contribution in [0.2, 0.25) is 0 Å². The molecule has 4 aromatic rings. The second-order valence-electron chi connectivity index (χ2n) is 6.36. The number of nitrogens with zero attached hydrogens (tertiary/aromatic N) is 2. The summed E-state index contributed by atoms with van der Waals surface area (Å²) in [5.41, 5.74) is 5.76. The van der Waals surface area contributed by atoms with Crippen molar-refractivity contribution in [1.29, 1.82) is 0 Å². The lowest BCUT2D eigenvalue weighted by molar-refractivity contribution is 0.104. The van der Waals surface area contributed by atoms with Gasteiger partial charge in [0.25, 0.3) is 0 Å². The zero-order chi connectivity index (χ0) is 18.6. The Kier molecular flexibility index (Phi) is 4.54. The molecule has 132 valence electrons. The van der Waals surface area contributed by atoms with Gasteiger partial charge in [-0.15, -0.1) is 0 Å². The average Bonchev–Trinajstić information content (AvgIpc) is 3.14. The Morgan fingerprint density at radius 3 is 2.48 bits per heavy atom. The fourth-order valence-electron chi connectivity index (χ4n) is 2.91. The summed E-state index contributed by atoms with van der Waals surface area (Å²) in [6.07, 6.45) is 5.01. The number of fused-ring (bicyclic) bond motifs is 1. The molecule has 1 aromatic heterocycles. The molecule has 4 rings (SSSR count). The lowest BCUT2D eigenvalue weighted by atomic mass is 10.1. The Bertz CT molecular complexity index is 1110. The van der Waals surface area contributed by atoms with Gasteiger partial charge in [0.15, 0.2) is 5.78 Å². The molecule has 3 aromatic carbocycles. The maximum absolute atomic E-state index is 12.4. The van der Waals surface area contributed by atoms with Crippen molar-refractivity contribution in [1.82, 2.24) is 9.55 Å². The lowest BCUT2D eigenvalue weighted by Crippen LogP contribution is -1.98. The second-order valence-corrected chi connectivity index (χ2v) is 6.36. The third-order valence-corrected chi connectivity index (χ3v) is 4.42. The fraction of sp³-hybridized carbons (Fsp3) is 0.0435. The zero-order valence-electron chi connectivity index (χ0n) is 15.0. The summed E-state index contributed by atoms with van der Waals surface area (Å²) in [6, 6.07) is 23.5. The summed E-state index contributed by atoms with van der Waals surface area (Å²) < 4.78 is 2.01. The van der Waals surface area contributed by atoms with Crippen LogP contribution in [0, 0.1) is 6.92 Å². The molecule has 4 nitrogen and oxygen atoms in total. The number of imidazole rings is 1. The Morgan fingerprint density at radius 1 is 0.963 bits per heavy atom. The van der Waals surface area contributed by atoms with E-state index in [2.05, 4.69) is 10.3 Å². The van der Waals surface area contributed by atoms with E-state index in [1.165, 1.54) is 5.56 Å². The van der Waals surface area contributed by atoms with Crippen molar-refractivity contribution in [3.8, 4) is 5.69 Å². The number of carbonyl (C=O) groups is 1. The number of benzene rings is 3. The fourth-order valence-corrected chi connectivity index (χ4v) is 2.91. The molecule has 0 aliphatic heterocycles. The maximum atomic E-state index is 12.4. The van der Waals surface area contributed by atoms with E-state index in [0.717, 1.165) is 22.4 Å². The molecule has 0 fully saturated rings. The monoisotopic (exact) mass is 353 g/mol. The van der Waals surface area contributed by atoms with E-state index >= 15 is 0 Å². The van der Waals surface area contributed by atoms with Crippen molar-refractivity contribution >= 4 is 22.5 Å². The predicted octanol–water partition coefficient (Wildman–Crippen LogP) is 5.14. The molecule has 0 amide bonds. The van der Waals surface area contributed by atoms with Gasteiger partial charge in [0, 0.05) is 29.2 Å². The molecule has 0 saturated heterocycles. The van der Waals surface area contributed by atoms with E-state index in [-0.39, 0.29) is 5.78 Å². The van der Waals surface area contributed by atoms with E-state index in [9.17, 15) is 4.79 Å². The number of allylic oxidation sites excluding steroid dienone is 1. The van der Waals surface area contributed by atoms with Gasteiger partial charge in [0.1, 0.15) is 6.33 Å². The van der Waals surface area contributed by atoms with Crippen LogP contribution in [0.4, 0.5) is 5.69 Å². The number of rotatable bonds is 5. The highest BCUT2D eigenvalue weighted by molar-refractivity contribution is 6.04. The minimum absolute atomic E-state index is 0.0448. The van der Waals surface area contributed by atoms with Crippen LogP contribution < -0.4 is 5.32 Å². The number of para-hydroxylation sites is 2. The molecule has 1 N–H and O–H groups in total. The molecule has 0 saturated carbocycles. The van der Waals surface area contributed by atoms with Crippen LogP contribution in [0.15, 0.2) is 91.4 Å². The van der Waals surface area contributed by atoms with E-state index < -0.39 is 0 Å². The van der Waals surface area contributed by atoms with E-state index in [4.69, 9.17) is 0 Å². The average molecular weight is 353 g/mol. The predicted molar refractivity (Wildman–Crippen MR) is 109 cm³/mol. The lowest BCUT2D eigenvalue weighted by Gasteiger charge is -2.05. The quantitative estimate of drug-likeness (QED) is 0.399. The molecule has 0 aliphatic carbocycles. The van der Waals surface area contributed by atoms with Crippen molar-refractivity contribution in [2.75, 3.05) is 5.32 Å². The van der Waals surface area contributed by atoms with Gasteiger partial charge in [-0.05, 0) is 55.5 Å². The first kappa shape index (κ1) is 16.8. The van der Waals surface area contributed by atoms with Crippen LogP contribution in [0.25, 0.3) is 16.7 Å². The van der Waals surface area contributed by atoms with Gasteiger partial charge in [0.2, 0.25) is 0 Å². The van der Waals surface area contributed by atoms with E-state index in [1.807, 2.05) is 84.3 Å². The molecular weight excluding hydrogens is 334 g/mol. The van der Waals surface area contributed by atoms with Crippen LogP contribution >= 0.6 is 0 Å². The summed E-state index contributed by atoms with van der Waals surface area (Å²) in [7, 11) is 0. The normalized spacial score (nSPS) is 11.1. The standard InChI is InChI=1S/C23H19N3O/c1-17-6-10-19(11-7-17)24-15-14-23(27)18-8-12-20(13-9-18)26-16-25-21-4-2-3-5-22(21)26/h2-16,24H,1H3.